The van der Waals surface area contributed by atoms with E-state index in [0.717, 1.165) is 31.2 Å². The van der Waals surface area contributed by atoms with Crippen LogP contribution in [0.2, 0.25) is 0 Å². The molecule has 8 heteroatoms. The zero-order chi connectivity index (χ0) is 20.7. The lowest BCUT2D eigenvalue weighted by molar-refractivity contribution is -0.384. The van der Waals surface area contributed by atoms with Gasteiger partial charge in [-0.15, -0.1) is 0 Å². The summed E-state index contributed by atoms with van der Waals surface area (Å²) in [6.45, 7) is 0.491. The number of nitro benzene ring substituents is 1. The van der Waals surface area contributed by atoms with Crippen molar-refractivity contribution < 1.29 is 24.0 Å². The van der Waals surface area contributed by atoms with E-state index in [4.69, 9.17) is 9.47 Å². The first-order valence-electron chi connectivity index (χ1n) is 9.42. The molecule has 1 fully saturated rings. The standard InChI is InChI=1S/C20H28N2O6/c1-21(19(24)20(12-13-27-2)10-4-5-11-20)17(18(23)28-3)14-15-6-8-16(9-7-15)22(25)26/h6-9,17H,4-5,10-14H2,1-3H3. The number of carbonyl (C=O) groups is 2. The quantitative estimate of drug-likeness (QED) is 0.364. The van der Waals surface area contributed by atoms with E-state index in [0.29, 0.717) is 13.0 Å². The van der Waals surface area contributed by atoms with Crippen LogP contribution in [0.15, 0.2) is 24.3 Å². The molecule has 8 nitrogen and oxygen atoms in total. The number of nitrogens with zero attached hydrogens (tertiary/aromatic N) is 2. The first kappa shape index (κ1) is 21.8. The maximum Gasteiger partial charge on any atom is 0.328 e. The summed E-state index contributed by atoms with van der Waals surface area (Å²) >= 11 is 0. The maximum absolute atomic E-state index is 13.3. The zero-order valence-electron chi connectivity index (χ0n) is 16.7. The molecular weight excluding hydrogens is 364 g/mol. The largest absolute Gasteiger partial charge is 0.467 e. The van der Waals surface area contributed by atoms with E-state index in [2.05, 4.69) is 0 Å². The van der Waals surface area contributed by atoms with Gasteiger partial charge in [-0.25, -0.2) is 4.79 Å². The number of likely N-dealkylation sites (N-methyl/N-ethyl adjacent to an activating group) is 1. The molecule has 0 bridgehead atoms. The third-order valence-electron chi connectivity index (χ3n) is 5.64. The average Bonchev–Trinajstić information content (AvgIpc) is 3.19. The number of hydrogen-bond acceptors (Lipinski definition) is 6. The lowest BCUT2D eigenvalue weighted by Gasteiger charge is -2.35. The number of ether oxygens (including phenoxy) is 2. The molecular formula is C20H28N2O6. The number of hydrogen-bond donors (Lipinski definition) is 0. The maximum atomic E-state index is 13.3. The van der Waals surface area contributed by atoms with E-state index in [1.54, 1.807) is 26.3 Å². The van der Waals surface area contributed by atoms with Crippen LogP contribution in [-0.2, 0) is 25.5 Å². The van der Waals surface area contributed by atoms with Crippen molar-refractivity contribution in [1.82, 2.24) is 4.90 Å². The van der Waals surface area contributed by atoms with Gasteiger partial charge in [0.25, 0.3) is 5.69 Å². The van der Waals surface area contributed by atoms with E-state index < -0.39 is 22.3 Å². The Kier molecular flexibility index (Phi) is 7.51. The number of non-ortho nitro benzene ring substituents is 1. The van der Waals surface area contributed by atoms with Gasteiger partial charge in [0.1, 0.15) is 6.04 Å². The Balaban J connectivity index is 2.22. The molecule has 1 amide bonds. The van der Waals surface area contributed by atoms with E-state index in [9.17, 15) is 19.7 Å². The summed E-state index contributed by atoms with van der Waals surface area (Å²) in [4.78, 5) is 37.6. The molecule has 1 aliphatic rings. The molecule has 0 saturated heterocycles. The number of rotatable bonds is 9. The van der Waals surface area contributed by atoms with Crippen molar-refractivity contribution in [2.75, 3.05) is 27.9 Å². The van der Waals surface area contributed by atoms with Crippen molar-refractivity contribution in [3.63, 3.8) is 0 Å². The highest BCUT2D eigenvalue weighted by Crippen LogP contribution is 2.43. The van der Waals surface area contributed by atoms with Crippen LogP contribution in [0.3, 0.4) is 0 Å². The Morgan fingerprint density at radius 2 is 1.82 bits per heavy atom. The molecule has 0 N–H and O–H groups in total. The summed E-state index contributed by atoms with van der Waals surface area (Å²) in [5, 5.41) is 10.8. The van der Waals surface area contributed by atoms with E-state index in [1.807, 2.05) is 0 Å². The zero-order valence-corrected chi connectivity index (χ0v) is 16.7. The molecule has 0 radical (unpaired) electrons. The second-order valence-electron chi connectivity index (χ2n) is 7.31. The van der Waals surface area contributed by atoms with Gasteiger partial charge in [-0.3, -0.25) is 14.9 Å². The van der Waals surface area contributed by atoms with Gasteiger partial charge in [-0.1, -0.05) is 25.0 Å². The molecule has 1 aromatic rings. The number of benzene rings is 1. The average molecular weight is 392 g/mol. The molecule has 28 heavy (non-hydrogen) atoms. The summed E-state index contributed by atoms with van der Waals surface area (Å²) in [5.41, 5.74) is 0.192. The van der Waals surface area contributed by atoms with Crippen molar-refractivity contribution in [2.45, 2.75) is 44.6 Å². The molecule has 1 atom stereocenters. The van der Waals surface area contributed by atoms with Crippen LogP contribution >= 0.6 is 0 Å². The molecule has 1 unspecified atom stereocenters. The Bertz CT molecular complexity index is 697. The lowest BCUT2D eigenvalue weighted by Crippen LogP contribution is -2.50. The number of esters is 1. The van der Waals surface area contributed by atoms with Crippen LogP contribution in [0.25, 0.3) is 0 Å². The molecule has 1 aromatic carbocycles. The number of methoxy groups -OCH3 is 2. The van der Waals surface area contributed by atoms with E-state index in [-0.39, 0.29) is 18.0 Å². The SMILES string of the molecule is COCCC1(C(=O)N(C)C(Cc2ccc([N+](=O)[O-])cc2)C(=O)OC)CCCC1. The molecule has 1 aliphatic carbocycles. The van der Waals surface area contributed by atoms with Crippen LogP contribution in [0, 0.1) is 15.5 Å². The molecule has 0 aromatic heterocycles. The Hall–Kier alpha value is -2.48. The van der Waals surface area contributed by atoms with Gasteiger partial charge < -0.3 is 14.4 Å². The minimum Gasteiger partial charge on any atom is -0.467 e. The second-order valence-corrected chi connectivity index (χ2v) is 7.31. The molecule has 0 aliphatic heterocycles. The van der Waals surface area contributed by atoms with Gasteiger partial charge in [-0.2, -0.15) is 0 Å². The Labute approximate surface area is 164 Å². The van der Waals surface area contributed by atoms with Gasteiger partial charge in [0.2, 0.25) is 5.91 Å². The van der Waals surface area contributed by atoms with Crippen LogP contribution in [0.1, 0.15) is 37.7 Å². The normalized spacial score (nSPS) is 16.4. The first-order chi connectivity index (χ1) is 13.3. The molecule has 154 valence electrons. The van der Waals surface area contributed by atoms with Crippen molar-refractivity contribution in [1.29, 1.82) is 0 Å². The van der Waals surface area contributed by atoms with Gasteiger partial charge in [0.05, 0.1) is 17.4 Å². The number of carbonyl (C=O) groups excluding carboxylic acids is 2. The van der Waals surface area contributed by atoms with Crippen molar-refractivity contribution in [3.8, 4) is 0 Å². The highest BCUT2D eigenvalue weighted by atomic mass is 16.6. The van der Waals surface area contributed by atoms with Crippen molar-refractivity contribution >= 4 is 17.6 Å². The van der Waals surface area contributed by atoms with Gasteiger partial charge in [-0.05, 0) is 24.8 Å². The summed E-state index contributed by atoms with van der Waals surface area (Å²) < 4.78 is 10.1. The summed E-state index contributed by atoms with van der Waals surface area (Å²) in [7, 11) is 4.53. The fourth-order valence-corrected chi connectivity index (χ4v) is 3.93. The minimum absolute atomic E-state index is 0.0210. The molecule has 0 heterocycles. The summed E-state index contributed by atoms with van der Waals surface area (Å²) in [5.74, 6) is -0.576. The van der Waals surface area contributed by atoms with E-state index >= 15 is 0 Å². The Morgan fingerprint density at radius 1 is 1.21 bits per heavy atom. The van der Waals surface area contributed by atoms with E-state index in [1.165, 1.54) is 24.1 Å². The number of nitro groups is 1. The monoisotopic (exact) mass is 392 g/mol. The van der Waals surface area contributed by atoms with Crippen molar-refractivity contribution in [3.05, 3.63) is 39.9 Å². The van der Waals surface area contributed by atoms with Crippen LogP contribution < -0.4 is 0 Å². The van der Waals surface area contributed by atoms with Gasteiger partial charge in [0, 0.05) is 39.3 Å². The predicted octanol–water partition coefficient (Wildman–Crippen LogP) is 2.73. The predicted molar refractivity (Wildman–Crippen MR) is 103 cm³/mol. The van der Waals surface area contributed by atoms with Crippen molar-refractivity contribution in [2.24, 2.45) is 5.41 Å². The number of amides is 1. The summed E-state index contributed by atoms with van der Waals surface area (Å²) in [6, 6.07) is 5.19. The fourth-order valence-electron chi connectivity index (χ4n) is 3.93. The first-order valence-corrected chi connectivity index (χ1v) is 9.42. The van der Waals surface area contributed by atoms with Gasteiger partial charge in [0.15, 0.2) is 0 Å². The second kappa shape index (κ2) is 9.64. The van der Waals surface area contributed by atoms with Crippen LogP contribution in [0.5, 0.6) is 0 Å². The summed E-state index contributed by atoms with van der Waals surface area (Å²) in [6.07, 6.45) is 4.38. The Morgan fingerprint density at radius 3 is 2.32 bits per heavy atom. The third kappa shape index (κ3) is 4.86. The third-order valence-corrected chi connectivity index (χ3v) is 5.64. The lowest BCUT2D eigenvalue weighted by atomic mass is 9.81. The highest BCUT2D eigenvalue weighted by molar-refractivity contribution is 5.88. The highest BCUT2D eigenvalue weighted by Gasteiger charge is 2.44. The topological polar surface area (TPSA) is 99.0 Å². The van der Waals surface area contributed by atoms with Gasteiger partial charge >= 0.3 is 5.97 Å². The molecule has 2 rings (SSSR count). The minimum atomic E-state index is -0.793. The van der Waals surface area contributed by atoms with Crippen LogP contribution in [-0.4, -0.2) is 55.6 Å². The fraction of sp³-hybridized carbons (Fsp3) is 0.600. The smallest absolute Gasteiger partial charge is 0.328 e. The molecule has 1 saturated carbocycles. The molecule has 0 spiro atoms. The van der Waals surface area contributed by atoms with Crippen LogP contribution in [0.4, 0.5) is 5.69 Å².